The van der Waals surface area contributed by atoms with Crippen molar-refractivity contribution < 1.29 is 17.7 Å². The summed E-state index contributed by atoms with van der Waals surface area (Å²) in [5.41, 5.74) is 2.23. The van der Waals surface area contributed by atoms with Gasteiger partial charge in [0.05, 0.1) is 22.8 Å². The Hall–Kier alpha value is -3.16. The maximum absolute atomic E-state index is 13.1. The van der Waals surface area contributed by atoms with Crippen LogP contribution in [0.2, 0.25) is 0 Å². The molecule has 0 aliphatic rings. The van der Waals surface area contributed by atoms with Crippen molar-refractivity contribution >= 4 is 11.0 Å². The Balaban J connectivity index is 1.95. The monoisotopic (exact) mass is 427 g/mol. The average molecular weight is 427 g/mol. The van der Waals surface area contributed by atoms with E-state index in [1.807, 2.05) is 60.2 Å². The predicted molar refractivity (Wildman–Crippen MR) is 112 cm³/mol. The van der Waals surface area contributed by atoms with E-state index in [0.29, 0.717) is 11.5 Å². The molecule has 0 amide bonds. The summed E-state index contributed by atoms with van der Waals surface area (Å²) in [5, 5.41) is 5.95. The highest BCUT2D eigenvalue weighted by Crippen LogP contribution is 2.32. The Labute approximate surface area is 178 Å². The number of imidazole rings is 1. The van der Waals surface area contributed by atoms with Crippen molar-refractivity contribution in [3.63, 3.8) is 0 Å². The van der Waals surface area contributed by atoms with Crippen LogP contribution in [-0.4, -0.2) is 19.7 Å². The number of pyridine rings is 1. The number of hydrogen-bond acceptors (Lipinski definition) is 2. The summed E-state index contributed by atoms with van der Waals surface area (Å²) >= 11 is 0. The topological polar surface area (TPSA) is 50.4 Å². The second kappa shape index (κ2) is 7.21. The zero-order valence-corrected chi connectivity index (χ0v) is 18.0. The largest absolute Gasteiger partial charge is 0.432 e. The molecule has 8 heteroatoms. The van der Waals surface area contributed by atoms with Crippen LogP contribution in [0, 0.1) is 6.33 Å². The van der Waals surface area contributed by atoms with Crippen LogP contribution in [0.1, 0.15) is 51.9 Å². The van der Waals surface area contributed by atoms with Crippen LogP contribution in [0.5, 0.6) is 0 Å². The molecule has 0 atom stereocenters. The van der Waals surface area contributed by atoms with Crippen LogP contribution >= 0.6 is 0 Å². The van der Waals surface area contributed by atoms with Crippen molar-refractivity contribution in [3.05, 3.63) is 60.0 Å². The number of halogens is 3. The molecule has 0 aliphatic carbocycles. The van der Waals surface area contributed by atoms with E-state index < -0.39 is 11.9 Å². The smallest absolute Gasteiger partial charge is 0.311 e. The number of aromatic nitrogens is 5. The second-order valence-corrected chi connectivity index (χ2v) is 8.90. The van der Waals surface area contributed by atoms with Gasteiger partial charge in [0.1, 0.15) is 17.2 Å². The van der Waals surface area contributed by atoms with E-state index in [1.54, 1.807) is 6.07 Å². The summed E-state index contributed by atoms with van der Waals surface area (Å²) in [5.74, 6) is 0.578. The van der Waals surface area contributed by atoms with E-state index in [2.05, 4.69) is 35.4 Å². The molecule has 0 radical (unpaired) electrons. The first kappa shape index (κ1) is 21.1. The molecule has 3 heterocycles. The van der Waals surface area contributed by atoms with Crippen molar-refractivity contribution in [2.24, 2.45) is 0 Å². The summed E-state index contributed by atoms with van der Waals surface area (Å²) < 4.78 is 43.1. The number of nitrogens with zero attached hydrogens (tertiary/aromatic N) is 4. The van der Waals surface area contributed by atoms with Crippen LogP contribution in [0.4, 0.5) is 13.2 Å². The van der Waals surface area contributed by atoms with Crippen LogP contribution in [0.25, 0.3) is 28.2 Å². The standard InChI is InChI=1S/C23H24F3N5/c1-14(2)30-13-31(19-9-7-6-8-18(19)30)21-11-15(22(3,4)5)10-16(27-21)17-12-20(29-28-17)23(24,25)26/h6-12,14H,1-5H3,(H,28,29). The van der Waals surface area contributed by atoms with Crippen LogP contribution in [-0.2, 0) is 11.6 Å². The first-order valence-electron chi connectivity index (χ1n) is 10.1. The number of alkyl halides is 3. The Bertz CT molecular complexity index is 1240. The molecule has 162 valence electrons. The molecule has 1 aromatic carbocycles. The fourth-order valence-corrected chi connectivity index (χ4v) is 3.43. The lowest BCUT2D eigenvalue weighted by Crippen LogP contribution is -2.35. The van der Waals surface area contributed by atoms with E-state index in [1.165, 1.54) is 0 Å². The highest BCUT2D eigenvalue weighted by Gasteiger charge is 2.33. The lowest BCUT2D eigenvalue weighted by Gasteiger charge is -2.21. The molecule has 0 spiro atoms. The molecule has 0 fully saturated rings. The lowest BCUT2D eigenvalue weighted by molar-refractivity contribution is -0.695. The minimum atomic E-state index is -4.50. The van der Waals surface area contributed by atoms with Gasteiger partial charge in [0.25, 0.3) is 0 Å². The van der Waals surface area contributed by atoms with Gasteiger partial charge in [0, 0.05) is 0 Å². The van der Waals surface area contributed by atoms with E-state index in [-0.39, 0.29) is 17.2 Å². The molecule has 1 N–H and O–H groups in total. The summed E-state index contributed by atoms with van der Waals surface area (Å²) in [4.78, 5) is 4.67. The zero-order valence-electron chi connectivity index (χ0n) is 18.0. The van der Waals surface area contributed by atoms with Gasteiger partial charge in [-0.2, -0.15) is 18.3 Å². The van der Waals surface area contributed by atoms with E-state index in [0.717, 1.165) is 22.7 Å². The molecule has 31 heavy (non-hydrogen) atoms. The van der Waals surface area contributed by atoms with Gasteiger partial charge in [0.2, 0.25) is 6.33 Å². The third-order valence-corrected chi connectivity index (χ3v) is 5.16. The molecule has 0 aliphatic heterocycles. The lowest BCUT2D eigenvalue weighted by atomic mass is 9.87. The third-order valence-electron chi connectivity index (χ3n) is 5.16. The highest BCUT2D eigenvalue weighted by molar-refractivity contribution is 5.74. The Morgan fingerprint density at radius 1 is 1.03 bits per heavy atom. The molecule has 3 aromatic heterocycles. The number of nitrogens with one attached hydrogen (secondary N) is 1. The van der Waals surface area contributed by atoms with Gasteiger partial charge in [-0.1, -0.05) is 45.0 Å². The summed E-state index contributed by atoms with van der Waals surface area (Å²) in [6.07, 6.45) is -1.14. The first-order chi connectivity index (χ1) is 14.4. The summed E-state index contributed by atoms with van der Waals surface area (Å²) in [6.45, 7) is 10.3. The van der Waals surface area contributed by atoms with Gasteiger partial charge in [-0.3, -0.25) is 10.1 Å². The third kappa shape index (κ3) is 3.94. The molecule has 5 nitrogen and oxygen atoms in total. The van der Waals surface area contributed by atoms with Gasteiger partial charge >= 0.3 is 6.18 Å². The molecule has 0 saturated carbocycles. The number of hydrogen-bond donors (Lipinski definition) is 1. The normalized spacial score (nSPS) is 12.8. The molecule has 0 saturated heterocycles. The molecule has 0 unspecified atom stereocenters. The molecule has 0 bridgehead atoms. The first-order valence-corrected chi connectivity index (χ1v) is 10.1. The zero-order chi connectivity index (χ0) is 22.6. The SMILES string of the molecule is CC(C)[n+]1[c-]n(-c2cc(C(C)(C)C)cc(-c3cc(C(F)(F)F)[nH]n3)n2)c2ccccc21. The average Bonchev–Trinajstić information content (AvgIpc) is 3.32. The number of aromatic amines is 1. The molecular formula is C23H24F3N5. The maximum atomic E-state index is 13.1. The van der Waals surface area contributed by atoms with Gasteiger partial charge in [0.15, 0.2) is 0 Å². The number of H-pyrrole nitrogens is 1. The second-order valence-electron chi connectivity index (χ2n) is 8.90. The minimum Gasteiger partial charge on any atom is -0.311 e. The van der Waals surface area contributed by atoms with Crippen LogP contribution in [0.15, 0.2) is 42.5 Å². The van der Waals surface area contributed by atoms with Crippen LogP contribution < -0.4 is 4.57 Å². The van der Waals surface area contributed by atoms with Gasteiger partial charge in [-0.25, -0.2) is 0 Å². The molecular weight excluding hydrogens is 403 g/mol. The van der Waals surface area contributed by atoms with Crippen molar-refractivity contribution in [1.29, 1.82) is 0 Å². The van der Waals surface area contributed by atoms with E-state index in [9.17, 15) is 13.2 Å². The van der Waals surface area contributed by atoms with E-state index >= 15 is 0 Å². The highest BCUT2D eigenvalue weighted by atomic mass is 19.4. The van der Waals surface area contributed by atoms with Gasteiger partial charge in [-0.15, -0.1) is 0 Å². The van der Waals surface area contributed by atoms with Crippen molar-refractivity contribution in [1.82, 2.24) is 19.7 Å². The van der Waals surface area contributed by atoms with Gasteiger partial charge < -0.3 is 9.13 Å². The number of benzene rings is 1. The molecule has 4 rings (SSSR count). The Morgan fingerprint density at radius 3 is 2.35 bits per heavy atom. The van der Waals surface area contributed by atoms with Crippen molar-refractivity contribution in [2.75, 3.05) is 0 Å². The van der Waals surface area contributed by atoms with Gasteiger partial charge in [-0.05, 0) is 43.0 Å². The number of rotatable bonds is 3. The fourth-order valence-electron chi connectivity index (χ4n) is 3.43. The quantitative estimate of drug-likeness (QED) is 0.352. The summed E-state index contributed by atoms with van der Waals surface area (Å²) in [7, 11) is 0. The summed E-state index contributed by atoms with van der Waals surface area (Å²) in [6, 6.07) is 12.8. The Kier molecular flexibility index (Phi) is 4.91. The van der Waals surface area contributed by atoms with E-state index in [4.69, 9.17) is 0 Å². The minimum absolute atomic E-state index is 0.146. The predicted octanol–water partition coefficient (Wildman–Crippen LogP) is 5.40. The maximum Gasteiger partial charge on any atom is 0.432 e. The van der Waals surface area contributed by atoms with Crippen molar-refractivity contribution in [2.45, 2.75) is 52.3 Å². The van der Waals surface area contributed by atoms with Crippen LogP contribution in [0.3, 0.4) is 0 Å². The fraction of sp³-hybridized carbons (Fsp3) is 0.348. The number of para-hydroxylation sites is 2. The Morgan fingerprint density at radius 2 is 1.74 bits per heavy atom. The molecule has 4 aromatic rings. The number of fused-ring (bicyclic) bond motifs is 1. The van der Waals surface area contributed by atoms with Crippen molar-refractivity contribution in [3.8, 4) is 17.2 Å².